The van der Waals surface area contributed by atoms with E-state index in [9.17, 15) is 0 Å². The van der Waals surface area contributed by atoms with Crippen molar-refractivity contribution in [3.05, 3.63) is 75.3 Å². The highest BCUT2D eigenvalue weighted by molar-refractivity contribution is 7.71. The average Bonchev–Trinajstić information content (AvgIpc) is 2.98. The Hall–Kier alpha value is -2.44. The Morgan fingerprint density at radius 1 is 1.22 bits per heavy atom. The van der Waals surface area contributed by atoms with Gasteiger partial charge in [-0.15, -0.1) is 0 Å². The number of aromatic amines is 1. The first-order valence-electron chi connectivity index (χ1n) is 8.52. The van der Waals surface area contributed by atoms with Gasteiger partial charge in [0.2, 0.25) is 4.77 Å². The molecule has 7 heteroatoms. The van der Waals surface area contributed by atoms with Crippen molar-refractivity contribution in [2.24, 2.45) is 5.10 Å². The van der Waals surface area contributed by atoms with Gasteiger partial charge in [-0.05, 0) is 53.0 Å². The number of nitrogens with one attached hydrogen (secondary N) is 1. The number of hydrogen-bond acceptors (Lipinski definition) is 4. The summed E-state index contributed by atoms with van der Waals surface area (Å²) in [5.41, 5.74) is 2.23. The Kier molecular flexibility index (Phi) is 5.77. The fourth-order valence-electron chi connectivity index (χ4n) is 2.45. The van der Waals surface area contributed by atoms with Crippen LogP contribution in [0.1, 0.15) is 37.7 Å². The van der Waals surface area contributed by atoms with Gasteiger partial charge in [0.25, 0.3) is 0 Å². The van der Waals surface area contributed by atoms with Gasteiger partial charge in [-0.25, -0.2) is 5.10 Å². The third-order valence-electron chi connectivity index (χ3n) is 3.98. The standard InChI is InChI=1S/C20H21ClN4OS/c1-20(2,3)15-7-9-17(10-8-15)26-13-18-23-24-19(27)25(18)22-12-14-5-4-6-16(21)11-14/h4-12H,13H2,1-3H3,(H,24,27)/b22-12-. The summed E-state index contributed by atoms with van der Waals surface area (Å²) in [6.07, 6.45) is 1.68. The molecule has 0 amide bonds. The lowest BCUT2D eigenvalue weighted by atomic mass is 9.87. The van der Waals surface area contributed by atoms with Crippen molar-refractivity contribution in [3.8, 4) is 5.75 Å². The summed E-state index contributed by atoms with van der Waals surface area (Å²) in [4.78, 5) is 0. The van der Waals surface area contributed by atoms with Crippen molar-refractivity contribution in [2.75, 3.05) is 0 Å². The smallest absolute Gasteiger partial charge is 0.216 e. The van der Waals surface area contributed by atoms with Gasteiger partial charge in [0.1, 0.15) is 12.4 Å². The van der Waals surface area contributed by atoms with E-state index in [0.717, 1.165) is 11.3 Å². The highest BCUT2D eigenvalue weighted by atomic mass is 35.5. The van der Waals surface area contributed by atoms with Crippen LogP contribution in [-0.4, -0.2) is 21.1 Å². The Morgan fingerprint density at radius 2 is 1.96 bits per heavy atom. The lowest BCUT2D eigenvalue weighted by Crippen LogP contribution is -2.10. The molecule has 0 saturated carbocycles. The zero-order valence-electron chi connectivity index (χ0n) is 15.4. The minimum atomic E-state index is 0.107. The van der Waals surface area contributed by atoms with E-state index < -0.39 is 0 Å². The maximum absolute atomic E-state index is 6.00. The number of ether oxygens (including phenoxy) is 1. The van der Waals surface area contributed by atoms with Gasteiger partial charge in [0.15, 0.2) is 5.82 Å². The number of hydrogen-bond donors (Lipinski definition) is 1. The second-order valence-electron chi connectivity index (χ2n) is 7.12. The summed E-state index contributed by atoms with van der Waals surface area (Å²) in [7, 11) is 0. The summed E-state index contributed by atoms with van der Waals surface area (Å²) >= 11 is 11.2. The van der Waals surface area contributed by atoms with E-state index in [-0.39, 0.29) is 12.0 Å². The average molecular weight is 401 g/mol. The molecule has 0 spiro atoms. The predicted molar refractivity (Wildman–Crippen MR) is 111 cm³/mol. The molecule has 0 unspecified atom stereocenters. The van der Waals surface area contributed by atoms with Gasteiger partial charge >= 0.3 is 0 Å². The lowest BCUT2D eigenvalue weighted by molar-refractivity contribution is 0.290. The highest BCUT2D eigenvalue weighted by Gasteiger charge is 2.13. The zero-order valence-corrected chi connectivity index (χ0v) is 17.0. The van der Waals surface area contributed by atoms with Crippen LogP contribution in [0.2, 0.25) is 5.02 Å². The molecule has 5 nitrogen and oxygen atoms in total. The van der Waals surface area contributed by atoms with E-state index in [4.69, 9.17) is 28.6 Å². The van der Waals surface area contributed by atoms with Crippen LogP contribution in [0.25, 0.3) is 0 Å². The SMILES string of the molecule is CC(C)(C)c1ccc(OCc2n[nH]c(=S)n2/N=C\c2cccc(Cl)c2)cc1. The van der Waals surface area contributed by atoms with Crippen LogP contribution < -0.4 is 4.74 Å². The number of rotatable bonds is 5. The van der Waals surface area contributed by atoms with Crippen molar-refractivity contribution >= 4 is 30.0 Å². The summed E-state index contributed by atoms with van der Waals surface area (Å²) in [5.74, 6) is 1.35. The number of benzene rings is 2. The first kappa shape index (κ1) is 19.3. The summed E-state index contributed by atoms with van der Waals surface area (Å²) in [6, 6.07) is 15.5. The molecule has 1 heterocycles. The lowest BCUT2D eigenvalue weighted by Gasteiger charge is -2.19. The molecule has 1 N–H and O–H groups in total. The van der Waals surface area contributed by atoms with Gasteiger partial charge in [-0.3, -0.25) is 0 Å². The molecule has 3 aromatic rings. The molecule has 0 radical (unpaired) electrons. The molecule has 0 atom stereocenters. The molecule has 0 fully saturated rings. The zero-order chi connectivity index (χ0) is 19.4. The quantitative estimate of drug-likeness (QED) is 0.463. The fourth-order valence-corrected chi connectivity index (χ4v) is 2.84. The summed E-state index contributed by atoms with van der Waals surface area (Å²) in [5, 5.41) is 12.0. The highest BCUT2D eigenvalue weighted by Crippen LogP contribution is 2.24. The van der Waals surface area contributed by atoms with E-state index in [1.54, 1.807) is 10.9 Å². The summed E-state index contributed by atoms with van der Waals surface area (Å²) in [6.45, 7) is 6.78. The van der Waals surface area contributed by atoms with E-state index in [1.165, 1.54) is 5.56 Å². The van der Waals surface area contributed by atoms with Gasteiger partial charge in [-0.1, -0.05) is 56.6 Å². The van der Waals surface area contributed by atoms with Gasteiger partial charge in [-0.2, -0.15) is 14.9 Å². The first-order valence-corrected chi connectivity index (χ1v) is 9.31. The topological polar surface area (TPSA) is 55.2 Å². The van der Waals surface area contributed by atoms with Crippen LogP contribution >= 0.6 is 23.8 Å². The van der Waals surface area contributed by atoms with Crippen molar-refractivity contribution in [1.29, 1.82) is 0 Å². The predicted octanol–water partition coefficient (Wildman–Crippen LogP) is 5.35. The minimum Gasteiger partial charge on any atom is -0.486 e. The Bertz CT molecular complexity index is 1000. The second-order valence-corrected chi connectivity index (χ2v) is 7.94. The molecule has 3 rings (SSSR count). The van der Waals surface area contributed by atoms with E-state index in [1.807, 2.05) is 36.4 Å². The maximum Gasteiger partial charge on any atom is 0.216 e. The van der Waals surface area contributed by atoms with Crippen LogP contribution in [0, 0.1) is 4.77 Å². The normalized spacial score (nSPS) is 11.9. The third kappa shape index (κ3) is 5.05. The van der Waals surface area contributed by atoms with Crippen LogP contribution in [-0.2, 0) is 12.0 Å². The minimum absolute atomic E-state index is 0.107. The molecule has 1 aromatic heterocycles. The van der Waals surface area contributed by atoms with E-state index >= 15 is 0 Å². The van der Waals surface area contributed by atoms with Crippen molar-refractivity contribution in [2.45, 2.75) is 32.8 Å². The molecular formula is C20H21ClN4OS. The van der Waals surface area contributed by atoms with Crippen molar-refractivity contribution in [1.82, 2.24) is 14.9 Å². The first-order chi connectivity index (χ1) is 12.8. The maximum atomic E-state index is 6.00. The molecule has 0 bridgehead atoms. The molecule has 2 aromatic carbocycles. The number of nitrogens with zero attached hydrogens (tertiary/aromatic N) is 3. The van der Waals surface area contributed by atoms with E-state index in [0.29, 0.717) is 15.6 Å². The van der Waals surface area contributed by atoms with Crippen LogP contribution in [0.3, 0.4) is 0 Å². The van der Waals surface area contributed by atoms with Crippen molar-refractivity contribution in [3.63, 3.8) is 0 Å². The molecule has 140 valence electrons. The summed E-state index contributed by atoms with van der Waals surface area (Å²) < 4.78 is 7.78. The monoisotopic (exact) mass is 400 g/mol. The number of H-pyrrole nitrogens is 1. The fraction of sp³-hybridized carbons (Fsp3) is 0.250. The largest absolute Gasteiger partial charge is 0.486 e. The molecule has 0 aliphatic rings. The van der Waals surface area contributed by atoms with Gasteiger partial charge in [0.05, 0.1) is 6.21 Å². The molecule has 0 aliphatic carbocycles. The molecule has 27 heavy (non-hydrogen) atoms. The molecular weight excluding hydrogens is 380 g/mol. The van der Waals surface area contributed by atoms with Gasteiger partial charge in [0, 0.05) is 5.02 Å². The molecule has 0 saturated heterocycles. The number of halogens is 1. The Morgan fingerprint density at radius 3 is 2.63 bits per heavy atom. The second kappa shape index (κ2) is 8.06. The Labute approximate surface area is 168 Å². The molecule has 0 aliphatic heterocycles. The van der Waals surface area contributed by atoms with E-state index in [2.05, 4.69) is 48.2 Å². The van der Waals surface area contributed by atoms with Crippen LogP contribution in [0.5, 0.6) is 5.75 Å². The van der Waals surface area contributed by atoms with Gasteiger partial charge < -0.3 is 4.74 Å². The third-order valence-corrected chi connectivity index (χ3v) is 4.48. The number of aromatic nitrogens is 3. The Balaban J connectivity index is 1.72. The van der Waals surface area contributed by atoms with Crippen LogP contribution in [0.4, 0.5) is 0 Å². The van der Waals surface area contributed by atoms with Crippen molar-refractivity contribution < 1.29 is 4.74 Å². The van der Waals surface area contributed by atoms with Crippen LogP contribution in [0.15, 0.2) is 53.6 Å².